The van der Waals surface area contributed by atoms with Gasteiger partial charge in [0.25, 0.3) is 5.91 Å². The van der Waals surface area contributed by atoms with Crippen LogP contribution in [0.2, 0.25) is 0 Å². The van der Waals surface area contributed by atoms with Crippen LogP contribution in [0.4, 0.5) is 17.3 Å². The lowest BCUT2D eigenvalue weighted by atomic mass is 10.2. The smallest absolute Gasteiger partial charge is 0.251 e. The first-order valence-electron chi connectivity index (χ1n) is 7.99. The molecule has 0 unspecified atom stereocenters. The third-order valence-electron chi connectivity index (χ3n) is 3.42. The van der Waals surface area contributed by atoms with Crippen molar-refractivity contribution in [2.24, 2.45) is 0 Å². The minimum atomic E-state index is -0.0895. The molecule has 0 spiro atoms. The van der Waals surface area contributed by atoms with Gasteiger partial charge < -0.3 is 16.0 Å². The third kappa shape index (κ3) is 5.38. The molecule has 1 aromatic carbocycles. The molecular formula is C18H17IN6O. The molecule has 3 rings (SSSR count). The number of amides is 1. The van der Waals surface area contributed by atoms with E-state index in [9.17, 15) is 4.79 Å². The number of hydrogen-bond acceptors (Lipinski definition) is 6. The van der Waals surface area contributed by atoms with E-state index in [1.54, 1.807) is 18.5 Å². The summed E-state index contributed by atoms with van der Waals surface area (Å²) in [5.41, 5.74) is 1.55. The lowest BCUT2D eigenvalue weighted by Crippen LogP contribution is -2.28. The van der Waals surface area contributed by atoms with Crippen molar-refractivity contribution in [3.8, 4) is 0 Å². The highest BCUT2D eigenvalue weighted by atomic mass is 127. The van der Waals surface area contributed by atoms with Gasteiger partial charge in [0.1, 0.15) is 5.82 Å². The monoisotopic (exact) mass is 460 g/mol. The Balaban J connectivity index is 1.43. The second-order valence-electron chi connectivity index (χ2n) is 5.36. The van der Waals surface area contributed by atoms with Crippen LogP contribution >= 0.6 is 22.6 Å². The lowest BCUT2D eigenvalue weighted by molar-refractivity contribution is 0.0955. The first-order valence-corrected chi connectivity index (χ1v) is 9.07. The number of hydrogen-bond donors (Lipinski definition) is 3. The number of carbonyl (C=O) groups excluding carboxylic acids is 1. The largest absolute Gasteiger partial charge is 0.367 e. The first-order chi connectivity index (χ1) is 12.7. The molecule has 3 N–H and O–H groups in total. The second-order valence-corrected chi connectivity index (χ2v) is 6.60. The average molecular weight is 460 g/mol. The molecule has 0 bridgehead atoms. The number of pyridine rings is 1. The van der Waals surface area contributed by atoms with Crippen LogP contribution < -0.4 is 16.0 Å². The van der Waals surface area contributed by atoms with Crippen molar-refractivity contribution in [2.45, 2.75) is 0 Å². The minimum absolute atomic E-state index is 0.0895. The van der Waals surface area contributed by atoms with Gasteiger partial charge in [-0.2, -0.15) is 0 Å². The number of aromatic nitrogens is 3. The molecule has 0 saturated heterocycles. The minimum Gasteiger partial charge on any atom is -0.367 e. The Bertz CT molecular complexity index is 857. The molecule has 0 atom stereocenters. The van der Waals surface area contributed by atoms with Gasteiger partial charge in [-0.25, -0.2) is 0 Å². The zero-order chi connectivity index (χ0) is 18.2. The van der Waals surface area contributed by atoms with E-state index in [1.807, 2.05) is 42.5 Å². The summed E-state index contributed by atoms with van der Waals surface area (Å²) in [6.45, 7) is 1.05. The van der Waals surface area contributed by atoms with Gasteiger partial charge in [-0.15, -0.1) is 10.2 Å². The summed E-state index contributed by atoms with van der Waals surface area (Å²) in [6, 6.07) is 14.8. The average Bonchev–Trinajstić information content (AvgIpc) is 2.67. The van der Waals surface area contributed by atoms with Gasteiger partial charge in [-0.05, 0) is 65.1 Å². The zero-order valence-corrected chi connectivity index (χ0v) is 16.0. The van der Waals surface area contributed by atoms with Gasteiger partial charge >= 0.3 is 0 Å². The summed E-state index contributed by atoms with van der Waals surface area (Å²) in [5, 5.41) is 17.4. The van der Waals surface area contributed by atoms with Crippen LogP contribution in [0, 0.1) is 3.57 Å². The summed E-state index contributed by atoms with van der Waals surface area (Å²) >= 11 is 2.19. The van der Waals surface area contributed by atoms with Gasteiger partial charge in [0.15, 0.2) is 5.82 Å². The summed E-state index contributed by atoms with van der Waals surface area (Å²) in [6.07, 6.45) is 3.41. The van der Waals surface area contributed by atoms with Crippen molar-refractivity contribution >= 4 is 45.8 Å². The molecule has 0 saturated carbocycles. The second kappa shape index (κ2) is 9.09. The maximum Gasteiger partial charge on any atom is 0.251 e. The number of rotatable bonds is 7. The van der Waals surface area contributed by atoms with Crippen LogP contribution in [0.5, 0.6) is 0 Å². The SMILES string of the molecule is O=C(NCCNc1ccc(Nc2ccncc2)nn1)c1cccc(I)c1. The highest BCUT2D eigenvalue weighted by Gasteiger charge is 2.05. The third-order valence-corrected chi connectivity index (χ3v) is 4.09. The fraction of sp³-hybridized carbons (Fsp3) is 0.111. The van der Waals surface area contributed by atoms with Crippen molar-refractivity contribution in [3.63, 3.8) is 0 Å². The van der Waals surface area contributed by atoms with Crippen LogP contribution in [0.25, 0.3) is 0 Å². The molecule has 0 fully saturated rings. The number of carbonyl (C=O) groups is 1. The van der Waals surface area contributed by atoms with E-state index in [0.717, 1.165) is 9.26 Å². The van der Waals surface area contributed by atoms with E-state index in [0.29, 0.717) is 30.3 Å². The van der Waals surface area contributed by atoms with Crippen molar-refractivity contribution in [3.05, 3.63) is 70.1 Å². The number of halogens is 1. The maximum atomic E-state index is 12.0. The molecule has 0 aliphatic carbocycles. The number of nitrogens with zero attached hydrogens (tertiary/aromatic N) is 3. The highest BCUT2D eigenvalue weighted by Crippen LogP contribution is 2.13. The van der Waals surface area contributed by atoms with E-state index in [2.05, 4.69) is 53.7 Å². The predicted octanol–water partition coefficient (Wildman–Crippen LogP) is 3.06. The number of anilines is 3. The molecular weight excluding hydrogens is 443 g/mol. The van der Waals surface area contributed by atoms with Crippen LogP contribution in [0.3, 0.4) is 0 Å². The molecule has 2 heterocycles. The molecule has 1 amide bonds. The van der Waals surface area contributed by atoms with Gasteiger partial charge in [0, 0.05) is 40.3 Å². The fourth-order valence-electron chi connectivity index (χ4n) is 2.17. The summed E-state index contributed by atoms with van der Waals surface area (Å²) in [5.74, 6) is 1.20. The standard InChI is InChI=1S/C18H17IN6O/c19-14-3-1-2-13(12-14)18(26)22-11-10-21-16-4-5-17(25-24-16)23-15-6-8-20-9-7-15/h1-9,12H,10-11H2,(H,21,24)(H,22,26)(H,20,23,25). The van der Waals surface area contributed by atoms with Crippen molar-refractivity contribution < 1.29 is 4.79 Å². The summed E-state index contributed by atoms with van der Waals surface area (Å²) in [4.78, 5) is 16.0. The molecule has 3 aromatic rings. The topological polar surface area (TPSA) is 91.8 Å². The Hall–Kier alpha value is -2.75. The Morgan fingerprint density at radius 1 is 0.962 bits per heavy atom. The van der Waals surface area contributed by atoms with Crippen LogP contribution in [0.1, 0.15) is 10.4 Å². The normalized spacial score (nSPS) is 10.2. The quantitative estimate of drug-likeness (QED) is 0.371. The van der Waals surface area contributed by atoms with E-state index >= 15 is 0 Å². The molecule has 0 aliphatic rings. The van der Waals surface area contributed by atoms with Crippen molar-refractivity contribution in [1.82, 2.24) is 20.5 Å². The summed E-state index contributed by atoms with van der Waals surface area (Å²) in [7, 11) is 0. The van der Waals surface area contributed by atoms with Crippen LogP contribution in [-0.2, 0) is 0 Å². The van der Waals surface area contributed by atoms with E-state index in [4.69, 9.17) is 0 Å². The first kappa shape index (κ1) is 18.1. The molecule has 0 radical (unpaired) electrons. The fourth-order valence-corrected chi connectivity index (χ4v) is 2.72. The molecule has 0 aliphatic heterocycles. The Kier molecular flexibility index (Phi) is 6.31. The lowest BCUT2D eigenvalue weighted by Gasteiger charge is -2.08. The highest BCUT2D eigenvalue weighted by molar-refractivity contribution is 14.1. The van der Waals surface area contributed by atoms with E-state index in [1.165, 1.54) is 0 Å². The molecule has 132 valence electrons. The van der Waals surface area contributed by atoms with Gasteiger partial charge in [-0.1, -0.05) is 6.07 Å². The van der Waals surface area contributed by atoms with E-state index < -0.39 is 0 Å². The number of nitrogens with one attached hydrogen (secondary N) is 3. The van der Waals surface area contributed by atoms with Gasteiger partial charge in [0.2, 0.25) is 0 Å². The molecule has 2 aromatic heterocycles. The maximum absolute atomic E-state index is 12.0. The predicted molar refractivity (Wildman–Crippen MR) is 110 cm³/mol. The van der Waals surface area contributed by atoms with Gasteiger partial charge in [0.05, 0.1) is 0 Å². The van der Waals surface area contributed by atoms with Crippen LogP contribution in [0.15, 0.2) is 60.9 Å². The molecule has 26 heavy (non-hydrogen) atoms. The zero-order valence-electron chi connectivity index (χ0n) is 13.8. The van der Waals surface area contributed by atoms with Crippen molar-refractivity contribution in [1.29, 1.82) is 0 Å². The van der Waals surface area contributed by atoms with Crippen molar-refractivity contribution in [2.75, 3.05) is 23.7 Å². The Morgan fingerprint density at radius 3 is 2.46 bits per heavy atom. The Morgan fingerprint density at radius 2 is 1.73 bits per heavy atom. The molecule has 7 nitrogen and oxygen atoms in total. The Labute approximate surface area is 164 Å². The van der Waals surface area contributed by atoms with Gasteiger partial charge in [-0.3, -0.25) is 9.78 Å². The van der Waals surface area contributed by atoms with E-state index in [-0.39, 0.29) is 5.91 Å². The number of benzene rings is 1. The molecule has 8 heteroatoms. The van der Waals surface area contributed by atoms with Crippen LogP contribution in [-0.4, -0.2) is 34.2 Å². The summed E-state index contributed by atoms with van der Waals surface area (Å²) < 4.78 is 1.03.